The van der Waals surface area contributed by atoms with E-state index < -0.39 is 4.75 Å². The predicted molar refractivity (Wildman–Crippen MR) is 231 cm³/mol. The Balaban J connectivity index is 1.15. The summed E-state index contributed by atoms with van der Waals surface area (Å²) in [7, 11) is 0. The van der Waals surface area contributed by atoms with Crippen molar-refractivity contribution in [2.45, 2.75) is 15.9 Å². The zero-order valence-corrected chi connectivity index (χ0v) is 33.2. The summed E-state index contributed by atoms with van der Waals surface area (Å²) < 4.78 is -0.873. The molecule has 0 saturated heterocycles. The molecule has 1 N–H and O–H groups in total. The molecule has 0 fully saturated rings. The van der Waals surface area contributed by atoms with Gasteiger partial charge >= 0.3 is 0 Å². The Bertz CT molecular complexity index is 1740. The summed E-state index contributed by atoms with van der Waals surface area (Å²) in [5.74, 6) is 1.32. The van der Waals surface area contributed by atoms with Gasteiger partial charge in [0, 0.05) is 30.7 Å². The van der Waals surface area contributed by atoms with Crippen molar-refractivity contribution in [3.8, 4) is 0 Å². The molecule has 0 aliphatic carbocycles. The average molecular weight is 800 g/mol. The highest BCUT2D eigenvalue weighted by atomic mass is 79.9. The number of nitrogens with one attached hydrogen (secondary N) is 1. The van der Waals surface area contributed by atoms with Crippen molar-refractivity contribution in [1.29, 1.82) is 0 Å². The van der Waals surface area contributed by atoms with Gasteiger partial charge in [-0.1, -0.05) is 198 Å². The van der Waals surface area contributed by atoms with E-state index in [1.807, 2.05) is 30.0 Å². The number of nitrogens with zero attached hydrogens (tertiary/aromatic N) is 1. The molecule has 0 aliphatic rings. The van der Waals surface area contributed by atoms with Crippen molar-refractivity contribution in [3.63, 3.8) is 0 Å². The lowest BCUT2D eigenvalue weighted by Gasteiger charge is -2.36. The lowest BCUT2D eigenvalue weighted by molar-refractivity contribution is -0.118. The third-order valence-corrected chi connectivity index (χ3v) is 13.2. The van der Waals surface area contributed by atoms with Crippen LogP contribution in [0.15, 0.2) is 182 Å². The second-order valence-electron chi connectivity index (χ2n) is 12.9. The molecule has 0 heterocycles. The summed E-state index contributed by atoms with van der Waals surface area (Å²) in [6.07, 6.45) is 1.05. The Morgan fingerprint density at radius 3 is 1.17 bits per heavy atom. The molecule has 270 valence electrons. The van der Waals surface area contributed by atoms with Crippen molar-refractivity contribution in [3.05, 3.63) is 215 Å². The Kier molecular flexibility index (Phi) is 14.5. The molecule has 6 rings (SSSR count). The summed E-state index contributed by atoms with van der Waals surface area (Å²) in [5, 5.41) is 4.23. The van der Waals surface area contributed by atoms with E-state index in [1.165, 1.54) is 16.7 Å². The van der Waals surface area contributed by atoms with Crippen LogP contribution in [0.4, 0.5) is 0 Å². The van der Waals surface area contributed by atoms with Crippen LogP contribution in [-0.2, 0) is 14.3 Å². The number of rotatable bonds is 19. The summed E-state index contributed by atoms with van der Waals surface area (Å²) in [6.45, 7) is 3.27. The third kappa shape index (κ3) is 9.54. The van der Waals surface area contributed by atoms with Gasteiger partial charge in [-0.15, -0.1) is 23.5 Å². The second-order valence-corrected chi connectivity index (χ2v) is 16.2. The summed E-state index contributed by atoms with van der Waals surface area (Å²) in [4.78, 5) is 16.1. The van der Waals surface area contributed by atoms with Crippen molar-refractivity contribution < 1.29 is 4.79 Å². The van der Waals surface area contributed by atoms with E-state index in [9.17, 15) is 4.79 Å². The number of carbonyl (C=O) groups is 1. The van der Waals surface area contributed by atoms with Gasteiger partial charge in [0.25, 0.3) is 0 Å². The van der Waals surface area contributed by atoms with E-state index >= 15 is 0 Å². The standard InChI is InChI=1S/C47H47BrN2OS2/c48-32-19-34-50(36-37-52-46(39-20-7-1-8-21-39,40-22-9-2-10-23-40)41-24-11-3-12-25-41)35-33-49-45(51)38-53-47(42-26-13-4-14-27-42,43-28-15-5-16-29-43)44-30-17-6-18-31-44/h1-18,20-31H,19,32-38H2,(H,49,51). The first-order valence-corrected chi connectivity index (χ1v) is 21.4. The van der Waals surface area contributed by atoms with Crippen LogP contribution in [0.3, 0.4) is 0 Å². The van der Waals surface area contributed by atoms with Gasteiger partial charge in [0.05, 0.1) is 15.2 Å². The molecule has 0 atom stereocenters. The molecule has 53 heavy (non-hydrogen) atoms. The number of amides is 1. The monoisotopic (exact) mass is 798 g/mol. The summed E-state index contributed by atoms with van der Waals surface area (Å²) >= 11 is 7.33. The number of thioether (sulfide) groups is 2. The molecule has 3 nitrogen and oxygen atoms in total. The molecular weight excluding hydrogens is 753 g/mol. The molecule has 6 aromatic carbocycles. The Morgan fingerprint density at radius 1 is 0.491 bits per heavy atom. The lowest BCUT2D eigenvalue weighted by Crippen LogP contribution is -2.38. The van der Waals surface area contributed by atoms with Crippen LogP contribution in [0, 0.1) is 0 Å². The highest BCUT2D eigenvalue weighted by molar-refractivity contribution is 9.09. The Morgan fingerprint density at radius 2 is 0.830 bits per heavy atom. The van der Waals surface area contributed by atoms with Gasteiger partial charge in [0.1, 0.15) is 0 Å². The van der Waals surface area contributed by atoms with Gasteiger partial charge < -0.3 is 10.2 Å². The predicted octanol–water partition coefficient (Wildman–Crippen LogP) is 10.6. The van der Waals surface area contributed by atoms with Crippen LogP contribution < -0.4 is 5.32 Å². The van der Waals surface area contributed by atoms with Gasteiger partial charge in [-0.3, -0.25) is 4.79 Å². The van der Waals surface area contributed by atoms with Crippen molar-refractivity contribution in [2.75, 3.05) is 43.0 Å². The minimum atomic E-state index is -0.525. The molecule has 0 aliphatic heterocycles. The number of alkyl halides is 1. The zero-order valence-electron chi connectivity index (χ0n) is 30.0. The van der Waals surface area contributed by atoms with E-state index in [1.54, 1.807) is 11.8 Å². The smallest absolute Gasteiger partial charge is 0.230 e. The minimum absolute atomic E-state index is 0.0493. The first-order chi connectivity index (χ1) is 26.2. The average Bonchev–Trinajstić information content (AvgIpc) is 3.24. The first kappa shape index (κ1) is 38.6. The molecule has 0 aromatic heterocycles. The molecule has 0 radical (unpaired) electrons. The van der Waals surface area contributed by atoms with Crippen molar-refractivity contribution in [2.24, 2.45) is 0 Å². The van der Waals surface area contributed by atoms with Gasteiger partial charge in [0.2, 0.25) is 5.91 Å². The van der Waals surface area contributed by atoms with E-state index in [2.05, 4.69) is 190 Å². The number of hydrogen-bond donors (Lipinski definition) is 1. The van der Waals surface area contributed by atoms with Gasteiger partial charge in [-0.05, 0) is 46.3 Å². The number of hydrogen-bond acceptors (Lipinski definition) is 4. The second kappa shape index (κ2) is 19.8. The molecule has 0 unspecified atom stereocenters. The quantitative estimate of drug-likeness (QED) is 0.0653. The van der Waals surface area contributed by atoms with Crippen LogP contribution in [0.5, 0.6) is 0 Å². The number of carbonyl (C=O) groups excluding carboxylic acids is 1. The number of halogens is 1. The molecule has 0 saturated carbocycles. The molecular formula is C47H47BrN2OS2. The van der Waals surface area contributed by atoms with Crippen molar-refractivity contribution in [1.82, 2.24) is 10.2 Å². The molecule has 0 bridgehead atoms. The highest BCUT2D eigenvalue weighted by Gasteiger charge is 2.38. The van der Waals surface area contributed by atoms with Gasteiger partial charge in [-0.2, -0.15) is 0 Å². The van der Waals surface area contributed by atoms with E-state index in [0.29, 0.717) is 12.3 Å². The molecule has 1 amide bonds. The topological polar surface area (TPSA) is 32.3 Å². The molecule has 0 spiro atoms. The fourth-order valence-electron chi connectivity index (χ4n) is 7.06. The largest absolute Gasteiger partial charge is 0.354 e. The highest BCUT2D eigenvalue weighted by Crippen LogP contribution is 2.49. The first-order valence-electron chi connectivity index (χ1n) is 18.3. The van der Waals surface area contributed by atoms with E-state index in [0.717, 1.165) is 53.8 Å². The SMILES string of the molecule is O=C(CSC(c1ccccc1)(c1ccccc1)c1ccccc1)NCCN(CCCBr)CCSC(c1ccccc1)(c1ccccc1)c1ccccc1. The fraction of sp³-hybridized carbons (Fsp3) is 0.213. The molecule has 6 aromatic rings. The summed E-state index contributed by atoms with van der Waals surface area (Å²) in [6, 6.07) is 64.3. The number of benzene rings is 6. The lowest BCUT2D eigenvalue weighted by atomic mass is 9.84. The van der Waals surface area contributed by atoms with Crippen LogP contribution >= 0.6 is 39.5 Å². The van der Waals surface area contributed by atoms with Crippen LogP contribution in [0.25, 0.3) is 0 Å². The zero-order chi connectivity index (χ0) is 36.6. The summed E-state index contributed by atoms with van der Waals surface area (Å²) in [5.41, 5.74) is 7.30. The fourth-order valence-corrected chi connectivity index (χ4v) is 10.2. The Labute approximate surface area is 332 Å². The normalized spacial score (nSPS) is 11.7. The van der Waals surface area contributed by atoms with Crippen LogP contribution in [0.2, 0.25) is 0 Å². The van der Waals surface area contributed by atoms with Crippen LogP contribution in [0.1, 0.15) is 39.8 Å². The van der Waals surface area contributed by atoms with E-state index in [4.69, 9.17) is 0 Å². The Hall–Kier alpha value is -4.07. The third-order valence-electron chi connectivity index (χ3n) is 9.59. The van der Waals surface area contributed by atoms with Crippen LogP contribution in [-0.4, -0.2) is 53.8 Å². The van der Waals surface area contributed by atoms with Gasteiger partial charge in [0.15, 0.2) is 0 Å². The minimum Gasteiger partial charge on any atom is -0.354 e. The van der Waals surface area contributed by atoms with E-state index in [-0.39, 0.29) is 10.7 Å². The van der Waals surface area contributed by atoms with Gasteiger partial charge in [-0.25, -0.2) is 0 Å². The molecule has 6 heteroatoms. The maximum absolute atomic E-state index is 13.6. The van der Waals surface area contributed by atoms with Crippen molar-refractivity contribution >= 4 is 45.4 Å². The maximum Gasteiger partial charge on any atom is 0.230 e. The maximum atomic E-state index is 13.6.